The van der Waals surface area contributed by atoms with E-state index in [1.165, 1.54) is 11.3 Å². The molecule has 1 heterocycles. The second-order valence-corrected chi connectivity index (χ2v) is 7.85. The largest absolute Gasteiger partial charge is 0.348 e. The predicted octanol–water partition coefficient (Wildman–Crippen LogP) is 3.81. The Labute approximate surface area is 148 Å². The fourth-order valence-electron chi connectivity index (χ4n) is 2.26. The van der Waals surface area contributed by atoms with Crippen LogP contribution < -0.4 is 10.6 Å². The fourth-order valence-corrected chi connectivity index (χ4v) is 3.55. The Morgan fingerprint density at radius 3 is 2.39 bits per heavy atom. The molecular formula is C17H19BrN2O2S. The van der Waals surface area contributed by atoms with E-state index in [0.717, 1.165) is 14.9 Å². The van der Waals surface area contributed by atoms with Crippen LogP contribution in [0.5, 0.6) is 0 Å². The van der Waals surface area contributed by atoms with Crippen LogP contribution in [0.25, 0.3) is 0 Å². The van der Waals surface area contributed by atoms with Gasteiger partial charge in [0.25, 0.3) is 5.91 Å². The lowest BCUT2D eigenvalue weighted by molar-refractivity contribution is -0.123. The third-order valence-corrected chi connectivity index (χ3v) is 5.17. The van der Waals surface area contributed by atoms with E-state index in [-0.39, 0.29) is 17.9 Å². The molecule has 6 heteroatoms. The number of carbonyl (C=O) groups excluding carboxylic acids is 2. The van der Waals surface area contributed by atoms with Crippen LogP contribution in [-0.4, -0.2) is 17.9 Å². The van der Waals surface area contributed by atoms with Crippen LogP contribution >= 0.6 is 27.3 Å². The first kappa shape index (κ1) is 17.7. The van der Waals surface area contributed by atoms with Gasteiger partial charge in [-0.25, -0.2) is 0 Å². The summed E-state index contributed by atoms with van der Waals surface area (Å²) >= 11 is 4.66. The zero-order valence-corrected chi connectivity index (χ0v) is 15.6. The first-order chi connectivity index (χ1) is 10.9. The van der Waals surface area contributed by atoms with Gasteiger partial charge < -0.3 is 10.6 Å². The second kappa shape index (κ2) is 7.75. The first-order valence-corrected chi connectivity index (χ1v) is 8.91. The summed E-state index contributed by atoms with van der Waals surface area (Å²) in [4.78, 5) is 24.9. The summed E-state index contributed by atoms with van der Waals surface area (Å²) in [6, 6.07) is 10.7. The molecule has 0 aliphatic heterocycles. The Kier molecular flexibility index (Phi) is 5.96. The molecule has 0 fully saturated rings. The summed E-state index contributed by atoms with van der Waals surface area (Å²) in [5, 5.41) is 5.66. The molecule has 2 N–H and O–H groups in total. The molecule has 0 bridgehead atoms. The number of rotatable bonds is 5. The number of halogens is 1. The third kappa shape index (κ3) is 4.65. The van der Waals surface area contributed by atoms with Gasteiger partial charge in [0, 0.05) is 0 Å². The number of amides is 2. The van der Waals surface area contributed by atoms with Crippen molar-refractivity contribution in [1.82, 2.24) is 10.6 Å². The molecule has 1 aromatic heterocycles. The van der Waals surface area contributed by atoms with Crippen molar-refractivity contribution in [3.05, 3.63) is 56.2 Å². The Bertz CT molecular complexity index is 714. The number of benzene rings is 1. The molecule has 2 aromatic rings. The zero-order valence-electron chi connectivity index (χ0n) is 13.2. The van der Waals surface area contributed by atoms with Crippen LogP contribution in [0.4, 0.5) is 0 Å². The third-order valence-electron chi connectivity index (χ3n) is 3.55. The van der Waals surface area contributed by atoms with Gasteiger partial charge in [0.15, 0.2) is 0 Å². The Balaban J connectivity index is 1.95. The van der Waals surface area contributed by atoms with Crippen molar-refractivity contribution < 1.29 is 9.59 Å². The average molecular weight is 395 g/mol. The first-order valence-electron chi connectivity index (χ1n) is 7.30. The molecule has 2 rings (SSSR count). The molecule has 1 aromatic carbocycles. The van der Waals surface area contributed by atoms with Crippen molar-refractivity contribution in [1.29, 1.82) is 0 Å². The van der Waals surface area contributed by atoms with Crippen molar-refractivity contribution in [2.24, 2.45) is 0 Å². The summed E-state index contributed by atoms with van der Waals surface area (Å²) in [6.45, 7) is 5.63. The lowest BCUT2D eigenvalue weighted by Crippen LogP contribution is -2.45. The van der Waals surface area contributed by atoms with E-state index in [1.54, 1.807) is 13.0 Å². The van der Waals surface area contributed by atoms with Crippen LogP contribution in [0, 0.1) is 6.92 Å². The molecular weight excluding hydrogens is 376 g/mol. The summed E-state index contributed by atoms with van der Waals surface area (Å²) in [7, 11) is 0. The predicted molar refractivity (Wildman–Crippen MR) is 96.7 cm³/mol. The van der Waals surface area contributed by atoms with Crippen molar-refractivity contribution in [2.45, 2.75) is 32.9 Å². The molecule has 0 aliphatic rings. The molecule has 0 aliphatic carbocycles. The topological polar surface area (TPSA) is 58.2 Å². The van der Waals surface area contributed by atoms with Crippen LogP contribution in [0.15, 0.2) is 40.2 Å². The summed E-state index contributed by atoms with van der Waals surface area (Å²) < 4.78 is 0.882. The van der Waals surface area contributed by atoms with Gasteiger partial charge in [0.2, 0.25) is 5.91 Å². The molecule has 0 unspecified atom stereocenters. The smallest absolute Gasteiger partial charge is 0.262 e. The molecule has 0 saturated carbocycles. The van der Waals surface area contributed by atoms with E-state index in [9.17, 15) is 9.59 Å². The maximum Gasteiger partial charge on any atom is 0.262 e. The van der Waals surface area contributed by atoms with Gasteiger partial charge in [-0.2, -0.15) is 0 Å². The van der Waals surface area contributed by atoms with Crippen LogP contribution in [-0.2, 0) is 4.79 Å². The van der Waals surface area contributed by atoms with Crippen molar-refractivity contribution in [3.63, 3.8) is 0 Å². The van der Waals surface area contributed by atoms with Gasteiger partial charge in [0.1, 0.15) is 6.04 Å². The van der Waals surface area contributed by atoms with E-state index < -0.39 is 6.04 Å². The average Bonchev–Trinajstić information content (AvgIpc) is 2.94. The molecule has 23 heavy (non-hydrogen) atoms. The Hall–Kier alpha value is -1.66. The van der Waals surface area contributed by atoms with Gasteiger partial charge in [-0.15, -0.1) is 11.3 Å². The van der Waals surface area contributed by atoms with Gasteiger partial charge in [-0.1, -0.05) is 24.3 Å². The van der Waals surface area contributed by atoms with Crippen LogP contribution in [0.3, 0.4) is 0 Å². The lowest BCUT2D eigenvalue weighted by Gasteiger charge is -2.20. The molecule has 4 nitrogen and oxygen atoms in total. The van der Waals surface area contributed by atoms with Gasteiger partial charge >= 0.3 is 0 Å². The number of aryl methyl sites for hydroxylation is 1. The van der Waals surface area contributed by atoms with E-state index in [0.29, 0.717) is 4.88 Å². The monoisotopic (exact) mass is 394 g/mol. The van der Waals surface area contributed by atoms with Crippen molar-refractivity contribution in [3.8, 4) is 0 Å². The number of carbonyl (C=O) groups is 2. The quantitative estimate of drug-likeness (QED) is 0.809. The van der Waals surface area contributed by atoms with Crippen molar-refractivity contribution in [2.75, 3.05) is 0 Å². The van der Waals surface area contributed by atoms with Crippen molar-refractivity contribution >= 4 is 39.1 Å². The van der Waals surface area contributed by atoms with Gasteiger partial charge in [-0.05, 0) is 60.0 Å². The van der Waals surface area contributed by atoms with Gasteiger partial charge in [0.05, 0.1) is 14.7 Å². The zero-order chi connectivity index (χ0) is 17.0. The van der Waals surface area contributed by atoms with E-state index in [2.05, 4.69) is 26.6 Å². The number of hydrogen-bond acceptors (Lipinski definition) is 3. The summed E-state index contributed by atoms with van der Waals surface area (Å²) in [5.41, 5.74) is 2.20. The summed E-state index contributed by atoms with van der Waals surface area (Å²) in [5.74, 6) is -0.448. The number of nitrogens with one attached hydrogen (secondary N) is 2. The maximum absolute atomic E-state index is 12.3. The number of thiophene rings is 1. The van der Waals surface area contributed by atoms with E-state index >= 15 is 0 Å². The minimum atomic E-state index is -0.602. The molecule has 0 saturated heterocycles. The van der Waals surface area contributed by atoms with E-state index in [4.69, 9.17) is 0 Å². The standard InChI is InChI=1S/C17H19BrN2O2S/c1-10-6-4-5-7-13(10)11(2)19-16(21)12(3)20-17(22)14-8-9-15(18)23-14/h4-9,11-12H,1-3H3,(H,19,21)(H,20,22)/t11-,12+/m0/s1. The van der Waals surface area contributed by atoms with Crippen LogP contribution in [0.1, 0.15) is 40.7 Å². The molecule has 0 radical (unpaired) electrons. The minimum Gasteiger partial charge on any atom is -0.348 e. The number of hydrogen-bond donors (Lipinski definition) is 2. The highest BCUT2D eigenvalue weighted by Crippen LogP contribution is 2.22. The highest BCUT2D eigenvalue weighted by atomic mass is 79.9. The Morgan fingerprint density at radius 1 is 1.09 bits per heavy atom. The van der Waals surface area contributed by atoms with E-state index in [1.807, 2.05) is 44.2 Å². The fraction of sp³-hybridized carbons (Fsp3) is 0.294. The van der Waals surface area contributed by atoms with Gasteiger partial charge in [-0.3, -0.25) is 9.59 Å². The lowest BCUT2D eigenvalue weighted by atomic mass is 10.0. The molecule has 122 valence electrons. The highest BCUT2D eigenvalue weighted by molar-refractivity contribution is 9.11. The Morgan fingerprint density at radius 2 is 1.78 bits per heavy atom. The minimum absolute atomic E-state index is 0.112. The second-order valence-electron chi connectivity index (χ2n) is 5.39. The maximum atomic E-state index is 12.3. The summed E-state index contributed by atoms with van der Waals surface area (Å²) in [6.07, 6.45) is 0. The van der Waals surface area contributed by atoms with Crippen LogP contribution in [0.2, 0.25) is 0 Å². The molecule has 2 atom stereocenters. The normalized spacial score (nSPS) is 13.2. The molecule has 2 amide bonds. The SMILES string of the molecule is Cc1ccccc1[C@H](C)NC(=O)[C@@H](C)NC(=O)c1ccc(Br)s1. The molecule has 0 spiro atoms. The highest BCUT2D eigenvalue weighted by Gasteiger charge is 2.20.